The van der Waals surface area contributed by atoms with E-state index in [0.717, 1.165) is 24.1 Å². The van der Waals surface area contributed by atoms with Crippen LogP contribution in [0.4, 0.5) is 26.7 Å². The van der Waals surface area contributed by atoms with Crippen molar-refractivity contribution in [2.75, 3.05) is 43.1 Å². The molecule has 0 aliphatic heterocycles. The minimum atomic E-state index is -0.657. The molecule has 4 aromatic rings. The Balaban J connectivity index is 1.39. The average molecular weight is 652 g/mol. The highest BCUT2D eigenvalue weighted by atomic mass is 16.6. The monoisotopic (exact) mass is 651 g/mol. The smallest absolute Gasteiger partial charge is 0.412 e. The molecular formula is C38H45N5O5. The van der Waals surface area contributed by atoms with Gasteiger partial charge in [0.15, 0.2) is 0 Å². The lowest BCUT2D eigenvalue weighted by molar-refractivity contribution is 0.0635. The van der Waals surface area contributed by atoms with Crippen molar-refractivity contribution in [1.29, 1.82) is 0 Å². The zero-order chi connectivity index (χ0) is 34.5. The molecule has 0 aromatic heterocycles. The van der Waals surface area contributed by atoms with Crippen LogP contribution in [-0.4, -0.2) is 60.6 Å². The number of anilines is 3. The highest BCUT2D eigenvalue weighted by Crippen LogP contribution is 2.24. The summed E-state index contributed by atoms with van der Waals surface area (Å²) >= 11 is 0. The van der Waals surface area contributed by atoms with Crippen molar-refractivity contribution in [3.63, 3.8) is 0 Å². The molecule has 4 amide bonds. The number of hydrogen-bond donors (Lipinski definition) is 3. The van der Waals surface area contributed by atoms with Gasteiger partial charge in [0.25, 0.3) is 5.91 Å². The lowest BCUT2D eigenvalue weighted by Gasteiger charge is -2.24. The van der Waals surface area contributed by atoms with Crippen LogP contribution in [-0.2, 0) is 17.9 Å². The summed E-state index contributed by atoms with van der Waals surface area (Å²) in [7, 11) is 4.00. The van der Waals surface area contributed by atoms with E-state index in [0.29, 0.717) is 48.1 Å². The van der Waals surface area contributed by atoms with Gasteiger partial charge in [0.1, 0.15) is 18.0 Å². The maximum absolute atomic E-state index is 13.5. The van der Waals surface area contributed by atoms with Crippen LogP contribution < -0.4 is 20.7 Å². The second-order valence-electron chi connectivity index (χ2n) is 12.6. The maximum Gasteiger partial charge on any atom is 0.412 e. The zero-order valence-electron chi connectivity index (χ0n) is 28.3. The van der Waals surface area contributed by atoms with Gasteiger partial charge in [-0.25, -0.2) is 9.59 Å². The van der Waals surface area contributed by atoms with E-state index in [1.165, 1.54) is 0 Å². The Morgan fingerprint density at radius 2 is 1.38 bits per heavy atom. The summed E-state index contributed by atoms with van der Waals surface area (Å²) in [6, 6.07) is 31.1. The van der Waals surface area contributed by atoms with Crippen LogP contribution in [0.5, 0.6) is 5.75 Å². The van der Waals surface area contributed by atoms with Gasteiger partial charge in [0.05, 0.1) is 11.4 Å². The number of hydrogen-bond acceptors (Lipinski definition) is 6. The van der Waals surface area contributed by atoms with E-state index in [9.17, 15) is 14.4 Å². The lowest BCUT2D eigenvalue weighted by Crippen LogP contribution is -2.36. The fraction of sp³-hybridized carbons (Fsp3) is 0.289. The molecule has 0 atom stereocenters. The molecule has 0 aliphatic rings. The van der Waals surface area contributed by atoms with E-state index >= 15 is 0 Å². The van der Waals surface area contributed by atoms with E-state index < -0.39 is 11.7 Å². The average Bonchev–Trinajstić information content (AvgIpc) is 3.04. The van der Waals surface area contributed by atoms with E-state index in [-0.39, 0.29) is 11.9 Å². The first kappa shape index (κ1) is 35.5. The number of nitrogens with zero attached hydrogens (tertiary/aromatic N) is 2. The van der Waals surface area contributed by atoms with Gasteiger partial charge in [0.2, 0.25) is 0 Å². The van der Waals surface area contributed by atoms with Crippen molar-refractivity contribution in [3.8, 4) is 5.75 Å². The van der Waals surface area contributed by atoms with Crippen molar-refractivity contribution >= 4 is 35.1 Å². The summed E-state index contributed by atoms with van der Waals surface area (Å²) in [5, 5.41) is 8.57. The third kappa shape index (κ3) is 11.8. The summed E-state index contributed by atoms with van der Waals surface area (Å²) in [6.07, 6.45) is 0.176. The van der Waals surface area contributed by atoms with Crippen LogP contribution in [0, 0.1) is 0 Å². The van der Waals surface area contributed by atoms with Crippen LogP contribution in [0.1, 0.15) is 48.7 Å². The number of nitrogens with one attached hydrogen (secondary N) is 3. The minimum Gasteiger partial charge on any atom is -0.489 e. The third-order valence-electron chi connectivity index (χ3n) is 7.05. The highest BCUT2D eigenvalue weighted by molar-refractivity contribution is 6.06. The second-order valence-corrected chi connectivity index (χ2v) is 12.6. The number of rotatable bonds is 13. The van der Waals surface area contributed by atoms with E-state index in [1.807, 2.05) is 80.8 Å². The van der Waals surface area contributed by atoms with Crippen LogP contribution >= 0.6 is 0 Å². The molecule has 0 unspecified atom stereocenters. The number of para-hydroxylation sites is 2. The van der Waals surface area contributed by atoms with Crippen LogP contribution in [0.2, 0.25) is 0 Å². The fourth-order valence-electron chi connectivity index (χ4n) is 4.73. The molecule has 0 saturated carbocycles. The van der Waals surface area contributed by atoms with E-state index in [1.54, 1.807) is 62.1 Å². The number of amides is 4. The molecule has 48 heavy (non-hydrogen) atoms. The summed E-state index contributed by atoms with van der Waals surface area (Å²) in [4.78, 5) is 42.8. The van der Waals surface area contributed by atoms with Gasteiger partial charge in [-0.1, -0.05) is 60.7 Å². The van der Waals surface area contributed by atoms with Gasteiger partial charge in [-0.2, -0.15) is 0 Å². The number of ether oxygens (including phenoxy) is 2. The Hall–Kier alpha value is -5.35. The first-order valence-corrected chi connectivity index (χ1v) is 15.9. The quantitative estimate of drug-likeness (QED) is 0.136. The molecule has 0 saturated heterocycles. The molecule has 0 spiro atoms. The van der Waals surface area contributed by atoms with Gasteiger partial charge in [-0.15, -0.1) is 0 Å². The molecular weight excluding hydrogens is 606 g/mol. The molecule has 4 rings (SSSR count). The van der Waals surface area contributed by atoms with Gasteiger partial charge in [0, 0.05) is 30.4 Å². The summed E-state index contributed by atoms with van der Waals surface area (Å²) in [5.74, 6) is 0.322. The summed E-state index contributed by atoms with van der Waals surface area (Å²) in [6.45, 7) is 7.49. The molecule has 0 heterocycles. The molecule has 10 nitrogen and oxygen atoms in total. The predicted molar refractivity (Wildman–Crippen MR) is 191 cm³/mol. The second kappa shape index (κ2) is 17.0. The topological polar surface area (TPSA) is 112 Å². The van der Waals surface area contributed by atoms with Gasteiger partial charge in [-0.3, -0.25) is 10.1 Å². The molecule has 252 valence electrons. The first-order chi connectivity index (χ1) is 22.9. The highest BCUT2D eigenvalue weighted by Gasteiger charge is 2.19. The molecule has 0 bridgehead atoms. The maximum atomic E-state index is 13.5. The number of carbonyl (C=O) groups excluding carboxylic acids is 3. The third-order valence-corrected chi connectivity index (χ3v) is 7.05. The Bertz CT molecular complexity index is 1650. The molecule has 3 N–H and O–H groups in total. The molecule has 0 aliphatic carbocycles. The fourth-order valence-corrected chi connectivity index (χ4v) is 4.73. The Morgan fingerprint density at radius 3 is 2.04 bits per heavy atom. The summed E-state index contributed by atoms with van der Waals surface area (Å²) in [5.41, 5.74) is 3.20. The lowest BCUT2D eigenvalue weighted by atomic mass is 10.1. The minimum absolute atomic E-state index is 0.232. The van der Waals surface area contributed by atoms with Gasteiger partial charge >= 0.3 is 12.1 Å². The largest absolute Gasteiger partial charge is 0.489 e. The zero-order valence-corrected chi connectivity index (χ0v) is 28.3. The van der Waals surface area contributed by atoms with Crippen LogP contribution in [0.3, 0.4) is 0 Å². The first-order valence-electron chi connectivity index (χ1n) is 15.9. The van der Waals surface area contributed by atoms with Gasteiger partial charge < -0.3 is 29.9 Å². The van der Waals surface area contributed by atoms with E-state index in [2.05, 4.69) is 20.9 Å². The number of carbonyl (C=O) groups is 3. The Labute approximate surface area is 283 Å². The Morgan fingerprint density at radius 1 is 0.708 bits per heavy atom. The SMILES string of the molecule is CN(C)CCCN(Cc1ccc(C(=O)Nc2ccccc2NC(=O)OC(C)(C)C)cc1)C(=O)Nc1cccc(OCc2ccccc2)c1. The number of urea groups is 1. The van der Waals surface area contributed by atoms with E-state index in [4.69, 9.17) is 9.47 Å². The Kier molecular flexibility index (Phi) is 12.6. The normalized spacial score (nSPS) is 11.0. The molecule has 4 aromatic carbocycles. The van der Waals surface area contributed by atoms with Crippen LogP contribution in [0.15, 0.2) is 103 Å². The molecule has 0 radical (unpaired) electrons. The predicted octanol–water partition coefficient (Wildman–Crippen LogP) is 7.85. The molecule has 10 heteroatoms. The summed E-state index contributed by atoms with van der Waals surface area (Å²) < 4.78 is 11.3. The van der Waals surface area contributed by atoms with Crippen molar-refractivity contribution in [2.45, 2.75) is 45.9 Å². The number of benzene rings is 4. The van der Waals surface area contributed by atoms with Crippen molar-refractivity contribution in [1.82, 2.24) is 9.80 Å². The standard InChI is InChI=1S/C38H45N5O5/c1-38(2,3)48-37(46)41-34-18-10-9-17-33(34)40-35(44)30-21-19-28(20-22-30)26-43(24-12-23-42(4)5)36(45)39-31-15-11-16-32(25-31)47-27-29-13-7-6-8-14-29/h6-11,13-22,25H,12,23-24,26-27H2,1-5H3,(H,39,45)(H,40,44)(H,41,46). The molecule has 0 fully saturated rings. The van der Waals surface area contributed by atoms with Crippen molar-refractivity contribution < 1.29 is 23.9 Å². The van der Waals surface area contributed by atoms with Crippen LogP contribution in [0.25, 0.3) is 0 Å². The van der Waals surface area contributed by atoms with Gasteiger partial charge in [-0.05, 0) is 95.4 Å². The van der Waals surface area contributed by atoms with Crippen molar-refractivity contribution in [2.24, 2.45) is 0 Å². The van der Waals surface area contributed by atoms with Crippen molar-refractivity contribution in [3.05, 3.63) is 120 Å².